The Morgan fingerprint density at radius 3 is 1.48 bits per heavy atom. The zero-order valence-electron chi connectivity index (χ0n) is 26.3. The lowest BCUT2D eigenvalue weighted by atomic mass is 9.75. The Bertz CT molecular complexity index is 1310. The highest BCUT2D eigenvalue weighted by Gasteiger charge is 2.46. The fourth-order valence-electron chi connectivity index (χ4n) is 7.42. The number of rotatable bonds is 12. The van der Waals surface area contributed by atoms with Gasteiger partial charge in [0.2, 0.25) is 0 Å². The normalized spacial score (nSPS) is 25.1. The van der Waals surface area contributed by atoms with E-state index in [1.807, 2.05) is 12.1 Å². The summed E-state index contributed by atoms with van der Waals surface area (Å²) < 4.78 is 25.5. The van der Waals surface area contributed by atoms with Gasteiger partial charge in [-0.2, -0.15) is 0 Å². The molecule has 0 amide bonds. The molecule has 46 heavy (non-hydrogen) atoms. The number of hydrogen-bond donors (Lipinski definition) is 0. The van der Waals surface area contributed by atoms with Crippen LogP contribution in [0.25, 0.3) is 0 Å². The van der Waals surface area contributed by atoms with Crippen LogP contribution in [0.3, 0.4) is 0 Å². The van der Waals surface area contributed by atoms with Crippen LogP contribution in [0.5, 0.6) is 0 Å². The molecule has 2 aliphatic heterocycles. The van der Waals surface area contributed by atoms with Gasteiger partial charge in [0.1, 0.15) is 11.6 Å². The third-order valence-corrected chi connectivity index (χ3v) is 11.7. The van der Waals surface area contributed by atoms with Crippen LogP contribution in [0, 0.1) is 0 Å². The molecule has 0 spiro atoms. The first-order valence-corrected chi connectivity index (χ1v) is 20.4. The molecule has 10 heteroatoms. The van der Waals surface area contributed by atoms with Crippen molar-refractivity contribution in [1.82, 2.24) is 0 Å². The summed E-state index contributed by atoms with van der Waals surface area (Å²) >= 11 is 14.0. The molecule has 6 nitrogen and oxygen atoms in total. The average molecular weight is 892 g/mol. The molecule has 2 fully saturated rings. The molecule has 252 valence electrons. The lowest BCUT2D eigenvalue weighted by Crippen LogP contribution is -2.37. The van der Waals surface area contributed by atoms with Gasteiger partial charge in [0.25, 0.3) is 0 Å². The van der Waals surface area contributed by atoms with E-state index in [1.165, 1.54) is 11.1 Å². The first-order valence-electron chi connectivity index (χ1n) is 16.5. The summed E-state index contributed by atoms with van der Waals surface area (Å²) in [5, 5.41) is 1.72. The molecule has 2 atom stereocenters. The second-order valence-electron chi connectivity index (χ2n) is 12.7. The first-order chi connectivity index (χ1) is 22.3. The van der Waals surface area contributed by atoms with Gasteiger partial charge in [0.15, 0.2) is 12.6 Å². The van der Waals surface area contributed by atoms with E-state index in [-0.39, 0.29) is 23.8 Å². The van der Waals surface area contributed by atoms with Crippen LogP contribution in [0.15, 0.2) is 45.3 Å². The number of benzene rings is 2. The van der Waals surface area contributed by atoms with Crippen molar-refractivity contribution in [3.63, 3.8) is 0 Å². The number of halogens is 4. The maximum absolute atomic E-state index is 13.2. The summed E-state index contributed by atoms with van der Waals surface area (Å²) in [6.07, 6.45) is 10.2. The number of ketones is 2. The Morgan fingerprint density at radius 1 is 0.652 bits per heavy atom. The minimum Gasteiger partial charge on any atom is -0.353 e. The molecular formula is C36H44Br4O6. The van der Waals surface area contributed by atoms with Crippen molar-refractivity contribution in [3.8, 4) is 0 Å². The van der Waals surface area contributed by atoms with Gasteiger partial charge in [-0.1, -0.05) is 75.9 Å². The molecule has 0 bridgehead atoms. The van der Waals surface area contributed by atoms with Gasteiger partial charge in [-0.05, 0) is 111 Å². The Kier molecular flexibility index (Phi) is 14.0. The largest absolute Gasteiger partial charge is 0.353 e. The molecule has 0 N–H and O–H groups in total. The number of carbonyl (C=O) groups excluding carboxylic acids is 2. The molecule has 6 rings (SSSR count). The maximum Gasteiger partial charge on any atom is 0.157 e. The number of ether oxygens (including phenoxy) is 4. The highest BCUT2D eigenvalue weighted by molar-refractivity contribution is 9.11. The summed E-state index contributed by atoms with van der Waals surface area (Å²) in [5.41, 5.74) is 3.85. The van der Waals surface area contributed by atoms with Crippen LogP contribution in [0.4, 0.5) is 0 Å². The topological polar surface area (TPSA) is 71.1 Å². The second-order valence-corrected chi connectivity index (χ2v) is 16.1. The van der Waals surface area contributed by atoms with E-state index < -0.39 is 5.41 Å². The monoisotopic (exact) mass is 888 g/mol. The van der Waals surface area contributed by atoms with Crippen LogP contribution >= 0.6 is 63.7 Å². The van der Waals surface area contributed by atoms with E-state index in [0.717, 1.165) is 95.3 Å². The maximum atomic E-state index is 13.2. The van der Waals surface area contributed by atoms with Crippen molar-refractivity contribution in [2.24, 2.45) is 0 Å². The third kappa shape index (κ3) is 8.63. The summed E-state index contributed by atoms with van der Waals surface area (Å²) in [5.74, 6) is 0.636. The van der Waals surface area contributed by atoms with Gasteiger partial charge in [0.05, 0.1) is 24.0 Å². The number of alkyl halides is 2. The third-order valence-electron chi connectivity index (χ3n) is 9.92. The van der Waals surface area contributed by atoms with E-state index in [4.69, 9.17) is 18.9 Å². The van der Waals surface area contributed by atoms with Crippen LogP contribution < -0.4 is 0 Å². The standard InChI is InChI=1S/C23H31BrO5.C13H13Br3O/c24-18-7-8-19-17(15-18)16-20(25)23(19,9-13-28-21-5-1-3-11-26-21)10-14-29-22-6-2-4-12-27-22;14-5-3-13(4-6-15)11-2-1-10(16)7-9(11)8-12(13)17/h7-8,15,21-22H,1-6,9-14,16H2;1-2,7H,3-6,8H2. The quantitative estimate of drug-likeness (QED) is 0.198. The summed E-state index contributed by atoms with van der Waals surface area (Å²) in [4.78, 5) is 25.6. The van der Waals surface area contributed by atoms with Crippen molar-refractivity contribution in [3.05, 3.63) is 67.6 Å². The molecule has 0 saturated carbocycles. The molecule has 2 unspecified atom stereocenters. The molecule has 2 heterocycles. The predicted octanol–water partition coefficient (Wildman–Crippen LogP) is 9.06. The summed E-state index contributed by atoms with van der Waals surface area (Å²) in [7, 11) is 0. The Morgan fingerprint density at radius 2 is 1.09 bits per heavy atom. The van der Waals surface area contributed by atoms with E-state index in [0.29, 0.717) is 44.7 Å². The Hall–Kier alpha value is -0.460. The molecule has 2 aromatic carbocycles. The Balaban J connectivity index is 0.000000209. The molecule has 2 aromatic rings. The zero-order chi connectivity index (χ0) is 32.6. The smallest absolute Gasteiger partial charge is 0.157 e. The minimum atomic E-state index is -0.542. The summed E-state index contributed by atoms with van der Waals surface area (Å²) in [6, 6.07) is 12.4. The van der Waals surface area contributed by atoms with E-state index in [1.54, 1.807) is 0 Å². The van der Waals surface area contributed by atoms with E-state index in [2.05, 4.69) is 88.0 Å². The molecule has 2 saturated heterocycles. The molecule has 2 aliphatic carbocycles. The molecule has 4 aliphatic rings. The van der Waals surface area contributed by atoms with Crippen molar-refractivity contribution < 1.29 is 28.5 Å². The van der Waals surface area contributed by atoms with Gasteiger partial charge in [-0.25, -0.2) is 0 Å². The van der Waals surface area contributed by atoms with Crippen LogP contribution in [-0.4, -0.2) is 61.2 Å². The Labute approximate surface area is 306 Å². The van der Waals surface area contributed by atoms with Crippen molar-refractivity contribution in [2.75, 3.05) is 37.1 Å². The zero-order valence-corrected chi connectivity index (χ0v) is 32.7. The number of Topliss-reactive ketones (excluding diaryl/α,β-unsaturated/α-hetero) is 2. The molecule has 0 radical (unpaired) electrons. The minimum absolute atomic E-state index is 0.131. The van der Waals surface area contributed by atoms with Gasteiger partial charge in [0, 0.05) is 45.7 Å². The van der Waals surface area contributed by atoms with Crippen molar-refractivity contribution in [1.29, 1.82) is 0 Å². The number of carbonyl (C=O) groups is 2. The SMILES string of the molecule is O=C1Cc2cc(Br)ccc2C1(CCBr)CCBr.O=C1Cc2cc(Br)ccc2C1(CCOC1CCCCO1)CCOC1CCCCO1. The van der Waals surface area contributed by atoms with Crippen LogP contribution in [0.2, 0.25) is 0 Å². The van der Waals surface area contributed by atoms with Gasteiger partial charge in [-0.15, -0.1) is 0 Å². The van der Waals surface area contributed by atoms with E-state index in [9.17, 15) is 9.59 Å². The first kappa shape index (κ1) is 36.8. The summed E-state index contributed by atoms with van der Waals surface area (Å²) in [6.45, 7) is 2.57. The van der Waals surface area contributed by atoms with Gasteiger partial charge < -0.3 is 18.9 Å². The van der Waals surface area contributed by atoms with Gasteiger partial charge in [-0.3, -0.25) is 9.59 Å². The van der Waals surface area contributed by atoms with Gasteiger partial charge >= 0.3 is 0 Å². The highest BCUT2D eigenvalue weighted by Crippen LogP contribution is 2.44. The fourth-order valence-corrected chi connectivity index (χ4v) is 9.59. The average Bonchev–Trinajstić information content (AvgIpc) is 3.47. The van der Waals surface area contributed by atoms with Crippen LogP contribution in [-0.2, 0) is 52.2 Å². The van der Waals surface area contributed by atoms with Crippen LogP contribution in [0.1, 0.15) is 86.5 Å². The lowest BCUT2D eigenvalue weighted by molar-refractivity contribution is -0.171. The van der Waals surface area contributed by atoms with Crippen molar-refractivity contribution in [2.45, 2.75) is 100 Å². The lowest BCUT2D eigenvalue weighted by Gasteiger charge is -2.31. The molecule has 0 aromatic heterocycles. The number of hydrogen-bond acceptors (Lipinski definition) is 6. The molecular weight excluding hydrogens is 848 g/mol. The second kappa shape index (κ2) is 17.5. The van der Waals surface area contributed by atoms with E-state index >= 15 is 0 Å². The highest BCUT2D eigenvalue weighted by atomic mass is 79.9. The van der Waals surface area contributed by atoms with Crippen molar-refractivity contribution >= 4 is 75.3 Å². The fraction of sp³-hybridized carbons (Fsp3) is 0.611. The number of fused-ring (bicyclic) bond motifs is 2. The predicted molar refractivity (Wildman–Crippen MR) is 194 cm³/mol.